The second kappa shape index (κ2) is 8.02. The number of halogens is 3. The molecular weight excluding hydrogens is 281 g/mol. The van der Waals surface area contributed by atoms with Crippen LogP contribution in [-0.2, 0) is 17.5 Å². The van der Waals surface area contributed by atoms with Crippen molar-refractivity contribution in [1.29, 1.82) is 0 Å². The van der Waals surface area contributed by atoms with Gasteiger partial charge in [0.1, 0.15) is 0 Å². The van der Waals surface area contributed by atoms with E-state index in [1.165, 1.54) is 12.1 Å². The SMILES string of the molecule is CC(CCN)CCC(=O)NCc1ccc(C(F)(F)F)cc1. The lowest BCUT2D eigenvalue weighted by atomic mass is 10.0. The van der Waals surface area contributed by atoms with Crippen molar-refractivity contribution in [1.82, 2.24) is 5.32 Å². The molecular formula is C15H21F3N2O. The first-order chi connectivity index (χ1) is 9.82. The maximum absolute atomic E-state index is 12.4. The molecule has 1 unspecified atom stereocenters. The van der Waals surface area contributed by atoms with Crippen molar-refractivity contribution in [2.24, 2.45) is 11.7 Å². The molecule has 0 radical (unpaired) electrons. The van der Waals surface area contributed by atoms with E-state index in [0.717, 1.165) is 25.0 Å². The number of amides is 1. The lowest BCUT2D eigenvalue weighted by Gasteiger charge is -2.11. The second-order valence-electron chi connectivity index (χ2n) is 5.19. The number of hydrogen-bond acceptors (Lipinski definition) is 2. The van der Waals surface area contributed by atoms with Crippen LogP contribution in [0, 0.1) is 5.92 Å². The number of nitrogens with two attached hydrogens (primary N) is 1. The van der Waals surface area contributed by atoms with Crippen LogP contribution in [0.5, 0.6) is 0 Å². The van der Waals surface area contributed by atoms with E-state index in [9.17, 15) is 18.0 Å². The number of hydrogen-bond donors (Lipinski definition) is 2. The Balaban J connectivity index is 2.36. The summed E-state index contributed by atoms with van der Waals surface area (Å²) in [6, 6.07) is 4.79. The molecule has 0 aliphatic rings. The van der Waals surface area contributed by atoms with Crippen molar-refractivity contribution >= 4 is 5.91 Å². The van der Waals surface area contributed by atoms with Gasteiger partial charge in [0.25, 0.3) is 0 Å². The monoisotopic (exact) mass is 302 g/mol. The molecule has 0 aromatic heterocycles. The topological polar surface area (TPSA) is 55.1 Å². The Kier molecular flexibility index (Phi) is 6.68. The van der Waals surface area contributed by atoms with Crippen molar-refractivity contribution in [2.45, 2.75) is 38.9 Å². The Hall–Kier alpha value is -1.56. The number of nitrogens with one attached hydrogen (secondary N) is 1. The summed E-state index contributed by atoms with van der Waals surface area (Å²) in [5.74, 6) is 0.297. The molecule has 0 aliphatic heterocycles. The summed E-state index contributed by atoms with van der Waals surface area (Å²) in [6.45, 7) is 2.88. The number of alkyl halides is 3. The van der Waals surface area contributed by atoms with Gasteiger partial charge in [0.05, 0.1) is 5.56 Å². The number of carbonyl (C=O) groups is 1. The molecule has 0 saturated carbocycles. The highest BCUT2D eigenvalue weighted by molar-refractivity contribution is 5.75. The number of benzene rings is 1. The van der Waals surface area contributed by atoms with E-state index in [1.807, 2.05) is 6.92 Å². The Morgan fingerprint density at radius 2 is 1.86 bits per heavy atom. The molecule has 0 heterocycles. The van der Waals surface area contributed by atoms with E-state index >= 15 is 0 Å². The lowest BCUT2D eigenvalue weighted by molar-refractivity contribution is -0.137. The average molecular weight is 302 g/mol. The fourth-order valence-corrected chi connectivity index (χ4v) is 1.91. The minimum absolute atomic E-state index is 0.0984. The van der Waals surface area contributed by atoms with Crippen LogP contribution in [0.15, 0.2) is 24.3 Å². The second-order valence-corrected chi connectivity index (χ2v) is 5.19. The molecule has 21 heavy (non-hydrogen) atoms. The van der Waals surface area contributed by atoms with Crippen LogP contribution in [0.1, 0.15) is 37.3 Å². The third-order valence-corrected chi connectivity index (χ3v) is 3.29. The van der Waals surface area contributed by atoms with Crippen molar-refractivity contribution in [2.75, 3.05) is 6.54 Å². The van der Waals surface area contributed by atoms with Crippen molar-refractivity contribution in [3.8, 4) is 0 Å². The fourth-order valence-electron chi connectivity index (χ4n) is 1.91. The van der Waals surface area contributed by atoms with Crippen LogP contribution >= 0.6 is 0 Å². The molecule has 3 nitrogen and oxygen atoms in total. The summed E-state index contributed by atoms with van der Waals surface area (Å²) in [5, 5.41) is 2.70. The molecule has 1 rings (SSSR count). The summed E-state index contributed by atoms with van der Waals surface area (Å²) in [7, 11) is 0. The van der Waals surface area contributed by atoms with E-state index in [1.54, 1.807) is 0 Å². The summed E-state index contributed by atoms with van der Waals surface area (Å²) < 4.78 is 37.2. The zero-order valence-electron chi connectivity index (χ0n) is 12.0. The number of carbonyl (C=O) groups excluding carboxylic acids is 1. The van der Waals surface area contributed by atoms with E-state index in [-0.39, 0.29) is 12.5 Å². The summed E-state index contributed by atoms with van der Waals surface area (Å²) in [6.07, 6.45) is -2.29. The first-order valence-corrected chi connectivity index (χ1v) is 6.96. The highest BCUT2D eigenvalue weighted by atomic mass is 19.4. The minimum Gasteiger partial charge on any atom is -0.352 e. The average Bonchev–Trinajstić information content (AvgIpc) is 2.43. The van der Waals surface area contributed by atoms with Gasteiger partial charge in [-0.25, -0.2) is 0 Å². The predicted molar refractivity (Wildman–Crippen MR) is 75.4 cm³/mol. The molecule has 1 atom stereocenters. The van der Waals surface area contributed by atoms with E-state index in [2.05, 4.69) is 5.32 Å². The van der Waals surface area contributed by atoms with Gasteiger partial charge in [-0.3, -0.25) is 4.79 Å². The summed E-state index contributed by atoms with van der Waals surface area (Å²) in [4.78, 5) is 11.6. The summed E-state index contributed by atoms with van der Waals surface area (Å²) >= 11 is 0. The van der Waals surface area contributed by atoms with Gasteiger partial charge in [-0.05, 0) is 43.0 Å². The largest absolute Gasteiger partial charge is 0.416 e. The molecule has 0 bridgehead atoms. The van der Waals surface area contributed by atoms with Crippen molar-refractivity contribution in [3.63, 3.8) is 0 Å². The van der Waals surface area contributed by atoms with Crippen LogP contribution in [0.25, 0.3) is 0 Å². The van der Waals surface area contributed by atoms with Crippen LogP contribution in [0.4, 0.5) is 13.2 Å². The van der Waals surface area contributed by atoms with Crippen molar-refractivity contribution in [3.05, 3.63) is 35.4 Å². The molecule has 1 aromatic carbocycles. The molecule has 1 aromatic rings. The Bertz CT molecular complexity index is 443. The van der Waals surface area contributed by atoms with Crippen LogP contribution in [0.2, 0.25) is 0 Å². The van der Waals surface area contributed by atoms with Gasteiger partial charge in [0.15, 0.2) is 0 Å². The van der Waals surface area contributed by atoms with Gasteiger partial charge < -0.3 is 11.1 Å². The smallest absolute Gasteiger partial charge is 0.352 e. The molecule has 0 fully saturated rings. The Labute approximate surface area is 122 Å². The van der Waals surface area contributed by atoms with Gasteiger partial charge in [-0.15, -0.1) is 0 Å². The van der Waals surface area contributed by atoms with Crippen molar-refractivity contribution < 1.29 is 18.0 Å². The standard InChI is InChI=1S/C15H21F3N2O/c1-11(8-9-19)2-7-14(21)20-10-12-3-5-13(6-4-12)15(16,17)18/h3-6,11H,2,7-10,19H2,1H3,(H,20,21). The Morgan fingerprint density at radius 3 is 2.38 bits per heavy atom. The molecule has 0 aliphatic carbocycles. The number of rotatable bonds is 7. The maximum Gasteiger partial charge on any atom is 0.416 e. The highest BCUT2D eigenvalue weighted by Crippen LogP contribution is 2.29. The zero-order chi connectivity index (χ0) is 15.9. The van der Waals surface area contributed by atoms with Crippen LogP contribution < -0.4 is 11.1 Å². The molecule has 0 spiro atoms. The molecule has 1 amide bonds. The molecule has 3 N–H and O–H groups in total. The Morgan fingerprint density at radius 1 is 1.24 bits per heavy atom. The molecule has 6 heteroatoms. The summed E-state index contributed by atoms with van der Waals surface area (Å²) in [5.41, 5.74) is 5.39. The third kappa shape index (κ3) is 6.62. The van der Waals surface area contributed by atoms with Gasteiger partial charge in [-0.1, -0.05) is 19.1 Å². The van der Waals surface area contributed by atoms with E-state index in [4.69, 9.17) is 5.73 Å². The zero-order valence-corrected chi connectivity index (χ0v) is 12.0. The molecule has 0 saturated heterocycles. The lowest BCUT2D eigenvalue weighted by Crippen LogP contribution is -2.23. The van der Waals surface area contributed by atoms with Gasteiger partial charge in [0.2, 0.25) is 5.91 Å². The molecule has 118 valence electrons. The van der Waals surface area contributed by atoms with Gasteiger partial charge in [-0.2, -0.15) is 13.2 Å². The normalized spacial score (nSPS) is 13.0. The van der Waals surface area contributed by atoms with E-state index < -0.39 is 11.7 Å². The minimum atomic E-state index is -4.33. The maximum atomic E-state index is 12.4. The van der Waals surface area contributed by atoms with E-state index in [0.29, 0.717) is 24.4 Å². The third-order valence-electron chi connectivity index (χ3n) is 3.29. The highest BCUT2D eigenvalue weighted by Gasteiger charge is 2.29. The van der Waals surface area contributed by atoms with Gasteiger partial charge >= 0.3 is 6.18 Å². The van der Waals surface area contributed by atoms with Gasteiger partial charge in [0, 0.05) is 13.0 Å². The van der Waals surface area contributed by atoms with Crippen LogP contribution in [-0.4, -0.2) is 12.5 Å². The van der Waals surface area contributed by atoms with Crippen LogP contribution in [0.3, 0.4) is 0 Å². The fraction of sp³-hybridized carbons (Fsp3) is 0.533. The first kappa shape index (κ1) is 17.5. The first-order valence-electron chi connectivity index (χ1n) is 6.96. The predicted octanol–water partition coefficient (Wildman–Crippen LogP) is 3.09. The quantitative estimate of drug-likeness (QED) is 0.813.